The highest BCUT2D eigenvalue weighted by molar-refractivity contribution is 7.13. The molecule has 1 fully saturated rings. The van der Waals surface area contributed by atoms with Gasteiger partial charge < -0.3 is 10.2 Å². The van der Waals surface area contributed by atoms with Crippen LogP contribution in [0.15, 0.2) is 4.99 Å². The molecule has 1 aromatic rings. The topological polar surface area (TPSA) is 74.7 Å². The number of amidine groups is 1. The van der Waals surface area contributed by atoms with Crippen molar-refractivity contribution in [2.75, 3.05) is 13.1 Å². The van der Waals surface area contributed by atoms with E-state index in [0.29, 0.717) is 36.6 Å². The first-order valence-electron chi connectivity index (χ1n) is 7.02. The van der Waals surface area contributed by atoms with E-state index < -0.39 is 5.54 Å². The van der Waals surface area contributed by atoms with Crippen LogP contribution in [0, 0.1) is 13.8 Å². The van der Waals surface area contributed by atoms with Crippen LogP contribution >= 0.6 is 11.3 Å². The summed E-state index contributed by atoms with van der Waals surface area (Å²) in [5.74, 6) is 0.665. The summed E-state index contributed by atoms with van der Waals surface area (Å²) < 4.78 is 0. The molecular formula is C14H18N4O2S. The molecule has 0 saturated carbocycles. The molecule has 1 saturated heterocycles. The predicted molar refractivity (Wildman–Crippen MR) is 80.7 cm³/mol. The summed E-state index contributed by atoms with van der Waals surface area (Å²) >= 11 is 1.43. The van der Waals surface area contributed by atoms with Crippen molar-refractivity contribution in [1.29, 1.82) is 0 Å². The van der Waals surface area contributed by atoms with Gasteiger partial charge in [-0.05, 0) is 33.6 Å². The van der Waals surface area contributed by atoms with E-state index in [9.17, 15) is 9.59 Å². The van der Waals surface area contributed by atoms with E-state index in [1.165, 1.54) is 11.3 Å². The number of carbonyl (C=O) groups is 2. The number of nitrogens with zero attached hydrogens (tertiary/aromatic N) is 3. The molecule has 0 aromatic carbocycles. The monoisotopic (exact) mass is 306 g/mol. The van der Waals surface area contributed by atoms with Gasteiger partial charge in [-0.2, -0.15) is 0 Å². The zero-order chi connectivity index (χ0) is 15.2. The lowest BCUT2D eigenvalue weighted by atomic mass is 9.88. The number of aromatic nitrogens is 1. The molecule has 2 aliphatic heterocycles. The second-order valence-corrected chi connectivity index (χ2v) is 6.83. The Kier molecular flexibility index (Phi) is 3.32. The molecule has 0 atom stereocenters. The van der Waals surface area contributed by atoms with Crippen molar-refractivity contribution in [2.45, 2.75) is 39.2 Å². The molecule has 2 aliphatic rings. The minimum Gasteiger partial charge on any atom is -0.338 e. The average Bonchev–Trinajstić information content (AvgIpc) is 2.90. The number of carbonyl (C=O) groups excluding carboxylic acids is 2. The molecule has 6 nitrogen and oxygen atoms in total. The summed E-state index contributed by atoms with van der Waals surface area (Å²) in [6, 6.07) is 0. The number of likely N-dealkylation sites (tertiary alicyclic amines) is 1. The van der Waals surface area contributed by atoms with Gasteiger partial charge in [0, 0.05) is 13.1 Å². The van der Waals surface area contributed by atoms with Crippen LogP contribution < -0.4 is 5.32 Å². The predicted octanol–water partition coefficient (Wildman–Crippen LogP) is 1.28. The lowest BCUT2D eigenvalue weighted by molar-refractivity contribution is -0.125. The smallest absolute Gasteiger partial charge is 0.265 e. The van der Waals surface area contributed by atoms with Crippen LogP contribution in [0.4, 0.5) is 0 Å². The van der Waals surface area contributed by atoms with Crippen LogP contribution in [-0.4, -0.2) is 46.2 Å². The zero-order valence-corrected chi connectivity index (χ0v) is 13.2. The molecule has 1 aromatic heterocycles. The van der Waals surface area contributed by atoms with Gasteiger partial charge in [0.05, 0.1) is 10.7 Å². The Morgan fingerprint density at radius 3 is 2.43 bits per heavy atom. The van der Waals surface area contributed by atoms with Gasteiger partial charge in [-0.1, -0.05) is 0 Å². The van der Waals surface area contributed by atoms with Crippen molar-refractivity contribution in [2.24, 2.45) is 4.99 Å². The fourth-order valence-corrected chi connectivity index (χ4v) is 3.86. The number of hydrogen-bond donors (Lipinski definition) is 1. The van der Waals surface area contributed by atoms with Crippen molar-refractivity contribution in [3.63, 3.8) is 0 Å². The van der Waals surface area contributed by atoms with Crippen LogP contribution in [0.3, 0.4) is 0 Å². The standard InChI is InChI=1S/C14H18N4O2S/c1-8-11(21-10(3)15-8)12(19)18-6-4-14(5-7-18)13(20)16-9(2)17-14/h4-7H2,1-3H3,(H,16,17,20). The Balaban J connectivity index is 1.73. The zero-order valence-electron chi connectivity index (χ0n) is 12.4. The van der Waals surface area contributed by atoms with Gasteiger partial charge in [-0.3, -0.25) is 14.6 Å². The summed E-state index contributed by atoms with van der Waals surface area (Å²) in [5, 5.41) is 3.67. The van der Waals surface area contributed by atoms with Crippen LogP contribution in [-0.2, 0) is 4.79 Å². The van der Waals surface area contributed by atoms with Crippen molar-refractivity contribution >= 4 is 29.0 Å². The Hall–Kier alpha value is -1.76. The normalized spacial score (nSPS) is 20.6. The molecule has 21 heavy (non-hydrogen) atoms. The summed E-state index contributed by atoms with van der Waals surface area (Å²) in [4.78, 5) is 35.8. The van der Waals surface area contributed by atoms with Crippen molar-refractivity contribution in [3.05, 3.63) is 15.6 Å². The minimum absolute atomic E-state index is 0.0204. The number of thiazole rings is 1. The van der Waals surface area contributed by atoms with E-state index in [1.807, 2.05) is 18.7 Å². The molecule has 1 N–H and O–H groups in total. The molecular weight excluding hydrogens is 288 g/mol. The quantitative estimate of drug-likeness (QED) is 0.849. The van der Waals surface area contributed by atoms with Gasteiger partial charge >= 0.3 is 0 Å². The number of aryl methyl sites for hydroxylation is 2. The van der Waals surface area contributed by atoms with E-state index in [2.05, 4.69) is 15.3 Å². The van der Waals surface area contributed by atoms with Gasteiger partial charge in [0.2, 0.25) is 0 Å². The number of amides is 2. The minimum atomic E-state index is -0.653. The molecule has 0 bridgehead atoms. The lowest BCUT2D eigenvalue weighted by Gasteiger charge is -2.35. The van der Waals surface area contributed by atoms with Crippen LogP contribution in [0.2, 0.25) is 0 Å². The van der Waals surface area contributed by atoms with Gasteiger partial charge in [0.25, 0.3) is 11.8 Å². The first kappa shape index (κ1) is 14.2. The Bertz CT molecular complexity index is 641. The van der Waals surface area contributed by atoms with Crippen LogP contribution in [0.25, 0.3) is 0 Å². The van der Waals surface area contributed by atoms with Gasteiger partial charge in [0.15, 0.2) is 0 Å². The molecule has 1 spiro atoms. The molecule has 0 aliphatic carbocycles. The molecule has 3 rings (SSSR count). The Morgan fingerprint density at radius 2 is 1.95 bits per heavy atom. The largest absolute Gasteiger partial charge is 0.338 e. The lowest BCUT2D eigenvalue weighted by Crippen LogP contribution is -2.50. The van der Waals surface area contributed by atoms with Gasteiger partial charge in [-0.25, -0.2) is 4.98 Å². The van der Waals surface area contributed by atoms with Crippen LogP contribution in [0.5, 0.6) is 0 Å². The number of hydrogen-bond acceptors (Lipinski definition) is 5. The second-order valence-electron chi connectivity index (χ2n) is 5.62. The Morgan fingerprint density at radius 1 is 1.29 bits per heavy atom. The van der Waals surface area contributed by atoms with Crippen molar-refractivity contribution in [3.8, 4) is 0 Å². The van der Waals surface area contributed by atoms with Crippen molar-refractivity contribution < 1.29 is 9.59 Å². The summed E-state index contributed by atoms with van der Waals surface area (Å²) in [6.07, 6.45) is 1.16. The van der Waals surface area contributed by atoms with E-state index in [1.54, 1.807) is 6.92 Å². The third-order valence-corrected chi connectivity index (χ3v) is 5.14. The maximum Gasteiger partial charge on any atom is 0.265 e. The summed E-state index contributed by atoms with van der Waals surface area (Å²) in [6.45, 7) is 6.67. The van der Waals surface area contributed by atoms with E-state index in [4.69, 9.17) is 0 Å². The van der Waals surface area contributed by atoms with Crippen LogP contribution in [0.1, 0.15) is 40.1 Å². The fourth-order valence-electron chi connectivity index (χ4n) is 2.97. The second kappa shape index (κ2) is 4.91. The highest BCUT2D eigenvalue weighted by Gasteiger charge is 2.45. The fraction of sp³-hybridized carbons (Fsp3) is 0.571. The van der Waals surface area contributed by atoms with Gasteiger partial charge in [0.1, 0.15) is 16.3 Å². The third-order valence-electron chi connectivity index (χ3n) is 4.07. The highest BCUT2D eigenvalue weighted by atomic mass is 32.1. The molecule has 0 radical (unpaired) electrons. The average molecular weight is 306 g/mol. The van der Waals surface area contributed by atoms with E-state index in [0.717, 1.165) is 10.7 Å². The number of piperidine rings is 1. The molecule has 3 heterocycles. The highest BCUT2D eigenvalue weighted by Crippen LogP contribution is 2.31. The summed E-state index contributed by atoms with van der Waals surface area (Å²) in [7, 11) is 0. The summed E-state index contributed by atoms with van der Waals surface area (Å²) in [5.41, 5.74) is 0.134. The maximum absolute atomic E-state index is 12.5. The van der Waals surface area contributed by atoms with Crippen molar-refractivity contribution in [1.82, 2.24) is 15.2 Å². The van der Waals surface area contributed by atoms with E-state index >= 15 is 0 Å². The molecule has 2 amide bonds. The third kappa shape index (κ3) is 2.35. The Labute approximate surface area is 127 Å². The van der Waals surface area contributed by atoms with E-state index in [-0.39, 0.29) is 11.8 Å². The molecule has 112 valence electrons. The first-order chi connectivity index (χ1) is 9.91. The molecule has 7 heteroatoms. The van der Waals surface area contributed by atoms with Gasteiger partial charge in [-0.15, -0.1) is 11.3 Å². The molecule has 0 unspecified atom stereocenters. The first-order valence-corrected chi connectivity index (χ1v) is 7.84. The SMILES string of the molecule is CC1=NC2(CCN(C(=O)c3sc(C)nc3C)CC2)C(=O)N1. The maximum atomic E-state index is 12.5. The number of aliphatic imine (C=N–C) groups is 1. The number of nitrogens with one attached hydrogen (secondary N) is 1. The number of rotatable bonds is 1.